The van der Waals surface area contributed by atoms with Crippen LogP contribution in [0.3, 0.4) is 0 Å². The van der Waals surface area contributed by atoms with Crippen molar-refractivity contribution in [3.05, 3.63) is 28.6 Å². The fourth-order valence-corrected chi connectivity index (χ4v) is 0.769. The number of hydrogen-bond donors (Lipinski definition) is 0. The molecule has 0 aliphatic heterocycles. The first-order chi connectivity index (χ1) is 7.02. The number of ketones is 1. The van der Waals surface area contributed by atoms with E-state index in [1.807, 2.05) is 0 Å². The number of nitrogens with zero attached hydrogens (tertiary/aromatic N) is 2. The number of carbonyl (C=O) groups excluding carboxylic acids is 2. The molecule has 1 aromatic rings. The Morgan fingerprint density at radius 2 is 2.20 bits per heavy atom. The van der Waals surface area contributed by atoms with E-state index in [0.717, 1.165) is 19.2 Å². The van der Waals surface area contributed by atoms with Crippen LogP contribution < -0.4 is 4.74 Å². The van der Waals surface area contributed by atoms with Gasteiger partial charge in [0.15, 0.2) is 0 Å². The minimum atomic E-state index is -1.15. The summed E-state index contributed by atoms with van der Waals surface area (Å²) in [4.78, 5) is 34.7. The summed E-state index contributed by atoms with van der Waals surface area (Å²) >= 11 is 0. The minimum absolute atomic E-state index is 0.296. The average Bonchev–Trinajstić information content (AvgIpc) is 2.18. The van der Waals surface area contributed by atoms with Gasteiger partial charge in [-0.15, -0.1) is 0 Å². The zero-order valence-electron chi connectivity index (χ0n) is 7.67. The summed E-state index contributed by atoms with van der Waals surface area (Å²) in [5, 5.41) is 10.5. The molecule has 15 heavy (non-hydrogen) atoms. The van der Waals surface area contributed by atoms with Gasteiger partial charge in [-0.1, -0.05) is 0 Å². The van der Waals surface area contributed by atoms with Gasteiger partial charge in [0.1, 0.15) is 6.20 Å². The number of rotatable bonds is 3. The first-order valence-corrected chi connectivity index (χ1v) is 3.83. The van der Waals surface area contributed by atoms with Gasteiger partial charge >= 0.3 is 11.7 Å². The van der Waals surface area contributed by atoms with Gasteiger partial charge in [-0.3, -0.25) is 19.9 Å². The van der Waals surface area contributed by atoms with Gasteiger partial charge in [0.2, 0.25) is 11.5 Å². The molecular formula is C8H6N2O5. The zero-order chi connectivity index (χ0) is 11.4. The van der Waals surface area contributed by atoms with Crippen LogP contribution >= 0.6 is 0 Å². The SMILES string of the molecule is CC(=O)C(=O)Oc1ccncc1[N+](=O)[O-]. The van der Waals surface area contributed by atoms with Crippen LogP contribution in [0.4, 0.5) is 5.69 Å². The maximum atomic E-state index is 10.9. The molecule has 1 aromatic heterocycles. The molecular weight excluding hydrogens is 204 g/mol. The fraction of sp³-hybridized carbons (Fsp3) is 0.125. The summed E-state index contributed by atoms with van der Waals surface area (Å²) in [6, 6.07) is 1.14. The van der Waals surface area contributed by atoms with Gasteiger partial charge in [0, 0.05) is 19.2 Å². The fourth-order valence-electron chi connectivity index (χ4n) is 0.769. The molecule has 0 bridgehead atoms. The smallest absolute Gasteiger partial charge is 0.379 e. The largest absolute Gasteiger partial charge is 0.413 e. The van der Waals surface area contributed by atoms with E-state index in [4.69, 9.17) is 0 Å². The molecule has 7 heteroatoms. The maximum Gasteiger partial charge on any atom is 0.379 e. The van der Waals surface area contributed by atoms with E-state index in [-0.39, 0.29) is 5.75 Å². The number of Topliss-reactive ketones (excluding diaryl/α,β-unsaturated/α-hetero) is 1. The van der Waals surface area contributed by atoms with Crippen LogP contribution in [-0.2, 0) is 9.59 Å². The van der Waals surface area contributed by atoms with Crippen molar-refractivity contribution in [2.45, 2.75) is 6.92 Å². The lowest BCUT2D eigenvalue weighted by molar-refractivity contribution is -0.386. The Kier molecular flexibility index (Phi) is 3.06. The number of esters is 1. The normalized spacial score (nSPS) is 9.40. The van der Waals surface area contributed by atoms with E-state index in [0.29, 0.717) is 0 Å². The lowest BCUT2D eigenvalue weighted by atomic mass is 10.4. The van der Waals surface area contributed by atoms with Crippen molar-refractivity contribution in [2.75, 3.05) is 0 Å². The summed E-state index contributed by atoms with van der Waals surface area (Å²) in [6.45, 7) is 1.01. The second-order valence-corrected chi connectivity index (χ2v) is 2.55. The van der Waals surface area contributed by atoms with Crippen LogP contribution in [0.2, 0.25) is 0 Å². The molecule has 1 rings (SSSR count). The van der Waals surface area contributed by atoms with E-state index >= 15 is 0 Å². The average molecular weight is 210 g/mol. The topological polar surface area (TPSA) is 99.4 Å². The van der Waals surface area contributed by atoms with Crippen LogP contribution in [0.25, 0.3) is 0 Å². The van der Waals surface area contributed by atoms with Gasteiger partial charge < -0.3 is 4.74 Å². The molecule has 0 saturated carbocycles. The summed E-state index contributed by atoms with van der Waals surface area (Å²) in [5.41, 5.74) is -0.466. The third-order valence-electron chi connectivity index (χ3n) is 1.45. The lowest BCUT2D eigenvalue weighted by Crippen LogP contribution is -2.17. The molecule has 1 heterocycles. The number of nitro groups is 1. The summed E-state index contributed by atoms with van der Waals surface area (Å²) in [7, 11) is 0. The predicted octanol–water partition coefficient (Wildman–Crippen LogP) is 0.484. The molecule has 0 unspecified atom stereocenters. The molecule has 0 radical (unpaired) electrons. The Labute approximate surface area is 83.8 Å². The highest BCUT2D eigenvalue weighted by Crippen LogP contribution is 2.24. The van der Waals surface area contributed by atoms with Gasteiger partial charge in [-0.05, 0) is 0 Å². The summed E-state index contributed by atoms with van der Waals surface area (Å²) in [5.74, 6) is -2.28. The van der Waals surface area contributed by atoms with Crippen LogP contribution in [-0.4, -0.2) is 21.7 Å². The van der Waals surface area contributed by atoms with Crippen molar-refractivity contribution in [3.63, 3.8) is 0 Å². The number of ether oxygens (including phenoxy) is 1. The molecule has 0 amide bonds. The summed E-state index contributed by atoms with van der Waals surface area (Å²) in [6.07, 6.45) is 2.15. The lowest BCUT2D eigenvalue weighted by Gasteiger charge is -2.01. The van der Waals surface area contributed by atoms with Crippen LogP contribution in [0.5, 0.6) is 5.75 Å². The van der Waals surface area contributed by atoms with Crippen molar-refractivity contribution in [2.24, 2.45) is 0 Å². The Morgan fingerprint density at radius 1 is 1.53 bits per heavy atom. The van der Waals surface area contributed by atoms with Gasteiger partial charge in [0.25, 0.3) is 0 Å². The molecule has 0 atom stereocenters. The molecule has 0 aliphatic carbocycles. The highest BCUT2D eigenvalue weighted by atomic mass is 16.6. The Balaban J connectivity index is 2.99. The molecule has 7 nitrogen and oxygen atoms in total. The zero-order valence-corrected chi connectivity index (χ0v) is 7.67. The third kappa shape index (κ3) is 2.56. The minimum Gasteiger partial charge on any atom is -0.413 e. The van der Waals surface area contributed by atoms with Crippen molar-refractivity contribution in [1.29, 1.82) is 0 Å². The quantitative estimate of drug-likeness (QED) is 0.311. The van der Waals surface area contributed by atoms with Crippen molar-refractivity contribution >= 4 is 17.4 Å². The maximum absolute atomic E-state index is 10.9. The second-order valence-electron chi connectivity index (χ2n) is 2.55. The number of aromatic nitrogens is 1. The molecule has 0 N–H and O–H groups in total. The molecule has 0 aromatic carbocycles. The molecule has 0 fully saturated rings. The van der Waals surface area contributed by atoms with Crippen LogP contribution in [0.15, 0.2) is 18.5 Å². The second kappa shape index (κ2) is 4.27. The van der Waals surface area contributed by atoms with E-state index in [2.05, 4.69) is 9.72 Å². The van der Waals surface area contributed by atoms with E-state index in [1.165, 1.54) is 6.20 Å². The first kappa shape index (κ1) is 10.8. The molecule has 78 valence electrons. The third-order valence-corrected chi connectivity index (χ3v) is 1.45. The molecule has 0 aliphatic rings. The highest BCUT2D eigenvalue weighted by Gasteiger charge is 2.19. The predicted molar refractivity (Wildman–Crippen MR) is 47.2 cm³/mol. The van der Waals surface area contributed by atoms with E-state index in [1.54, 1.807) is 0 Å². The molecule has 0 saturated heterocycles. The standard InChI is InChI=1S/C8H6N2O5/c1-5(11)8(12)15-7-2-3-9-4-6(7)10(13)14/h2-4H,1H3. The van der Waals surface area contributed by atoms with Gasteiger partial charge in [-0.25, -0.2) is 4.79 Å². The Hall–Kier alpha value is -2.31. The highest BCUT2D eigenvalue weighted by molar-refractivity contribution is 6.33. The molecule has 0 spiro atoms. The number of pyridine rings is 1. The number of carbonyl (C=O) groups is 2. The van der Waals surface area contributed by atoms with Crippen molar-refractivity contribution in [3.8, 4) is 5.75 Å². The van der Waals surface area contributed by atoms with Crippen molar-refractivity contribution < 1.29 is 19.2 Å². The Bertz CT molecular complexity index is 429. The van der Waals surface area contributed by atoms with Crippen LogP contribution in [0.1, 0.15) is 6.92 Å². The first-order valence-electron chi connectivity index (χ1n) is 3.83. The van der Waals surface area contributed by atoms with Crippen LogP contribution in [0, 0.1) is 10.1 Å². The van der Waals surface area contributed by atoms with E-state index < -0.39 is 22.4 Å². The Morgan fingerprint density at radius 3 is 2.73 bits per heavy atom. The van der Waals surface area contributed by atoms with Crippen molar-refractivity contribution in [1.82, 2.24) is 4.98 Å². The number of hydrogen-bond acceptors (Lipinski definition) is 6. The van der Waals surface area contributed by atoms with E-state index in [9.17, 15) is 19.7 Å². The van der Waals surface area contributed by atoms with Gasteiger partial charge in [0.05, 0.1) is 4.92 Å². The van der Waals surface area contributed by atoms with Gasteiger partial charge in [-0.2, -0.15) is 0 Å². The summed E-state index contributed by atoms with van der Waals surface area (Å²) < 4.78 is 4.50. The monoisotopic (exact) mass is 210 g/mol.